The Balaban J connectivity index is 1.59. The molecule has 1 aromatic heterocycles. The summed E-state index contributed by atoms with van der Waals surface area (Å²) < 4.78 is 37.9. The second kappa shape index (κ2) is 4.21. The van der Waals surface area contributed by atoms with Crippen molar-refractivity contribution in [2.24, 2.45) is 5.41 Å². The molecule has 0 saturated carbocycles. The Morgan fingerprint density at radius 2 is 2.05 bits per heavy atom. The lowest BCUT2D eigenvalue weighted by atomic mass is 9.74. The molecule has 3 rings (SSSR count). The Hall–Kier alpha value is -1.08. The lowest BCUT2D eigenvalue weighted by Crippen LogP contribution is -2.70. The van der Waals surface area contributed by atoms with E-state index in [1.165, 1.54) is 6.20 Å². The van der Waals surface area contributed by atoms with Gasteiger partial charge in [-0.25, -0.2) is 0 Å². The number of hydrogen-bond acceptors (Lipinski definition) is 3. The van der Waals surface area contributed by atoms with E-state index < -0.39 is 12.7 Å². The molecule has 0 aromatic carbocycles. The lowest BCUT2D eigenvalue weighted by Gasteiger charge is -2.56. The fourth-order valence-electron chi connectivity index (χ4n) is 2.94. The molecular formula is C12H17F3N4. The van der Waals surface area contributed by atoms with E-state index in [4.69, 9.17) is 0 Å². The maximum Gasteiger partial charge on any atom is 0.408 e. The number of nitrogens with zero attached hydrogens (tertiary/aromatic N) is 3. The van der Waals surface area contributed by atoms with Crippen LogP contribution in [0.5, 0.6) is 0 Å². The van der Waals surface area contributed by atoms with Crippen LogP contribution in [-0.4, -0.2) is 47.0 Å². The van der Waals surface area contributed by atoms with Gasteiger partial charge in [0.05, 0.1) is 5.69 Å². The molecule has 0 unspecified atom stereocenters. The first-order valence-electron chi connectivity index (χ1n) is 6.38. The highest BCUT2D eigenvalue weighted by molar-refractivity contribution is 5.17. The van der Waals surface area contributed by atoms with Crippen LogP contribution in [0.1, 0.15) is 11.3 Å². The third-order valence-corrected chi connectivity index (χ3v) is 3.90. The second-order valence-electron chi connectivity index (χ2n) is 5.80. The van der Waals surface area contributed by atoms with Gasteiger partial charge in [-0.15, -0.1) is 0 Å². The smallest absolute Gasteiger partial charge is 0.315 e. The normalized spacial score (nSPS) is 22.3. The molecule has 2 aliphatic rings. The molecule has 19 heavy (non-hydrogen) atoms. The number of likely N-dealkylation sites (tertiary alicyclic amines) is 1. The largest absolute Gasteiger partial charge is 0.408 e. The maximum atomic E-state index is 12.3. The second-order valence-corrected chi connectivity index (χ2v) is 5.80. The molecule has 1 N–H and O–H groups in total. The number of aryl methyl sites for hydroxylation is 1. The van der Waals surface area contributed by atoms with E-state index in [9.17, 15) is 13.2 Å². The first kappa shape index (κ1) is 12.9. The molecule has 0 radical (unpaired) electrons. The maximum absolute atomic E-state index is 12.3. The number of nitrogens with one attached hydrogen (secondary N) is 1. The highest BCUT2D eigenvalue weighted by Crippen LogP contribution is 2.35. The lowest BCUT2D eigenvalue weighted by molar-refractivity contribution is -0.142. The van der Waals surface area contributed by atoms with Crippen molar-refractivity contribution < 1.29 is 13.2 Å². The van der Waals surface area contributed by atoms with E-state index in [-0.39, 0.29) is 0 Å². The van der Waals surface area contributed by atoms with Crippen molar-refractivity contribution in [1.29, 1.82) is 0 Å². The van der Waals surface area contributed by atoms with Crippen LogP contribution in [0.25, 0.3) is 0 Å². The van der Waals surface area contributed by atoms with E-state index in [1.807, 2.05) is 0 Å². The molecule has 4 nitrogen and oxygen atoms in total. The zero-order valence-electron chi connectivity index (χ0n) is 10.8. The molecular weight excluding hydrogens is 257 g/mol. The van der Waals surface area contributed by atoms with Crippen LogP contribution in [0.3, 0.4) is 0 Å². The molecule has 0 aliphatic carbocycles. The van der Waals surface area contributed by atoms with Gasteiger partial charge in [0.25, 0.3) is 0 Å². The topological polar surface area (TPSA) is 33.1 Å². The fraction of sp³-hybridized carbons (Fsp3) is 0.750. The predicted octanol–water partition coefficient (Wildman–Crippen LogP) is 1.16. The minimum atomic E-state index is -4.21. The van der Waals surface area contributed by atoms with Gasteiger partial charge in [-0.3, -0.25) is 9.58 Å². The molecule has 2 aliphatic heterocycles. The van der Waals surface area contributed by atoms with E-state index in [0.29, 0.717) is 17.7 Å². The third kappa shape index (κ3) is 2.62. The van der Waals surface area contributed by atoms with Gasteiger partial charge in [-0.05, 0) is 6.92 Å². The average Bonchev–Trinajstić information content (AvgIpc) is 2.45. The van der Waals surface area contributed by atoms with Gasteiger partial charge in [-0.1, -0.05) is 0 Å². The molecule has 7 heteroatoms. The Labute approximate surface area is 109 Å². The summed E-state index contributed by atoms with van der Waals surface area (Å²) in [6, 6.07) is 0. The number of halogens is 3. The number of alkyl halides is 3. The van der Waals surface area contributed by atoms with Crippen LogP contribution < -0.4 is 5.32 Å². The van der Waals surface area contributed by atoms with Crippen LogP contribution in [0.2, 0.25) is 0 Å². The summed E-state index contributed by atoms with van der Waals surface area (Å²) in [6.45, 7) is 5.65. The molecule has 2 fully saturated rings. The summed E-state index contributed by atoms with van der Waals surface area (Å²) in [7, 11) is 0. The molecule has 1 aromatic rings. The standard InChI is InChI=1S/C12H17F3N4/c1-9-10(3-19(17-9)8-12(13,14)15)2-18-6-11(7-18)4-16-5-11/h3,16H,2,4-8H2,1H3. The summed E-state index contributed by atoms with van der Waals surface area (Å²) in [5.41, 5.74) is 2.03. The van der Waals surface area contributed by atoms with Crippen molar-refractivity contribution in [1.82, 2.24) is 20.0 Å². The Kier molecular flexibility index (Phi) is 2.86. The summed E-state index contributed by atoms with van der Waals surface area (Å²) in [4.78, 5) is 2.27. The third-order valence-electron chi connectivity index (χ3n) is 3.90. The fourth-order valence-corrected chi connectivity index (χ4v) is 2.94. The van der Waals surface area contributed by atoms with Crippen molar-refractivity contribution in [3.05, 3.63) is 17.5 Å². The van der Waals surface area contributed by atoms with Crippen LogP contribution in [0.15, 0.2) is 6.20 Å². The van der Waals surface area contributed by atoms with Crippen molar-refractivity contribution >= 4 is 0 Å². The minimum Gasteiger partial charge on any atom is -0.315 e. The van der Waals surface area contributed by atoms with E-state index in [2.05, 4.69) is 15.3 Å². The van der Waals surface area contributed by atoms with Gasteiger partial charge < -0.3 is 5.32 Å². The van der Waals surface area contributed by atoms with E-state index >= 15 is 0 Å². The van der Waals surface area contributed by atoms with Crippen LogP contribution in [0.4, 0.5) is 13.2 Å². The number of aromatic nitrogens is 2. The average molecular weight is 274 g/mol. The Bertz CT molecular complexity index is 468. The molecule has 2 saturated heterocycles. The number of rotatable bonds is 3. The predicted molar refractivity (Wildman–Crippen MR) is 63.6 cm³/mol. The van der Waals surface area contributed by atoms with Gasteiger partial charge in [-0.2, -0.15) is 18.3 Å². The zero-order chi connectivity index (χ0) is 13.7. The van der Waals surface area contributed by atoms with E-state index in [0.717, 1.165) is 36.4 Å². The SMILES string of the molecule is Cc1nn(CC(F)(F)F)cc1CN1CC2(CNC2)C1. The monoisotopic (exact) mass is 274 g/mol. The van der Waals surface area contributed by atoms with Crippen LogP contribution >= 0.6 is 0 Å². The van der Waals surface area contributed by atoms with Crippen molar-refractivity contribution in [3.63, 3.8) is 0 Å². The molecule has 106 valence electrons. The first-order chi connectivity index (χ1) is 8.85. The molecule has 0 atom stereocenters. The molecule has 3 heterocycles. The van der Waals surface area contributed by atoms with Crippen molar-refractivity contribution in [2.75, 3.05) is 26.2 Å². The quantitative estimate of drug-likeness (QED) is 0.898. The van der Waals surface area contributed by atoms with Gasteiger partial charge in [0, 0.05) is 49.9 Å². The van der Waals surface area contributed by atoms with Gasteiger partial charge in [0.2, 0.25) is 0 Å². The minimum absolute atomic E-state index is 0.440. The Morgan fingerprint density at radius 1 is 1.37 bits per heavy atom. The molecule has 1 spiro atoms. The molecule has 0 amide bonds. The Morgan fingerprint density at radius 3 is 2.58 bits per heavy atom. The summed E-state index contributed by atoms with van der Waals surface area (Å²) in [5.74, 6) is 0. The summed E-state index contributed by atoms with van der Waals surface area (Å²) in [6.07, 6.45) is -2.69. The summed E-state index contributed by atoms with van der Waals surface area (Å²) in [5, 5.41) is 7.20. The van der Waals surface area contributed by atoms with Crippen LogP contribution in [-0.2, 0) is 13.1 Å². The van der Waals surface area contributed by atoms with Gasteiger partial charge in [0.15, 0.2) is 0 Å². The molecule has 0 bridgehead atoms. The van der Waals surface area contributed by atoms with E-state index in [1.54, 1.807) is 6.92 Å². The van der Waals surface area contributed by atoms with Crippen molar-refractivity contribution in [3.8, 4) is 0 Å². The van der Waals surface area contributed by atoms with Crippen LogP contribution in [0, 0.1) is 12.3 Å². The van der Waals surface area contributed by atoms with Gasteiger partial charge >= 0.3 is 6.18 Å². The highest BCUT2D eigenvalue weighted by Gasteiger charge is 2.47. The van der Waals surface area contributed by atoms with Crippen molar-refractivity contribution in [2.45, 2.75) is 26.2 Å². The van der Waals surface area contributed by atoms with Gasteiger partial charge in [0.1, 0.15) is 6.54 Å². The first-order valence-corrected chi connectivity index (χ1v) is 6.38. The highest BCUT2D eigenvalue weighted by atomic mass is 19.4. The number of hydrogen-bond donors (Lipinski definition) is 1. The zero-order valence-corrected chi connectivity index (χ0v) is 10.8. The summed E-state index contributed by atoms with van der Waals surface area (Å²) >= 11 is 0.